The molecule has 0 spiro atoms. The number of carboxylic acid groups (broad SMARTS) is 1. The van der Waals surface area contributed by atoms with Crippen molar-refractivity contribution >= 4 is 11.9 Å². The molecule has 0 aliphatic rings. The van der Waals surface area contributed by atoms with Crippen molar-refractivity contribution in [3.63, 3.8) is 0 Å². The Balaban J connectivity index is 2.42. The largest absolute Gasteiger partial charge is 0.481 e. The fourth-order valence-corrected chi connectivity index (χ4v) is 1.29. The van der Waals surface area contributed by atoms with Crippen LogP contribution in [0, 0.1) is 6.92 Å². The molecule has 0 aliphatic carbocycles. The first-order valence-electron chi connectivity index (χ1n) is 4.90. The van der Waals surface area contributed by atoms with E-state index in [2.05, 4.69) is 10.5 Å². The zero-order chi connectivity index (χ0) is 12.1. The summed E-state index contributed by atoms with van der Waals surface area (Å²) in [4.78, 5) is 21.9. The molecule has 1 heterocycles. The van der Waals surface area contributed by atoms with E-state index < -0.39 is 5.97 Å². The third kappa shape index (κ3) is 3.72. The molecule has 1 amide bonds. The van der Waals surface area contributed by atoms with E-state index in [-0.39, 0.29) is 24.8 Å². The summed E-state index contributed by atoms with van der Waals surface area (Å²) in [5, 5.41) is 14.8. The smallest absolute Gasteiger partial charge is 0.305 e. The number of amides is 1. The van der Waals surface area contributed by atoms with Gasteiger partial charge in [0, 0.05) is 11.6 Å². The molecule has 1 atom stereocenters. The van der Waals surface area contributed by atoms with Crippen LogP contribution in [0.4, 0.5) is 0 Å². The molecular weight excluding hydrogens is 212 g/mol. The lowest BCUT2D eigenvalue weighted by Crippen LogP contribution is -2.35. The maximum atomic E-state index is 11.5. The van der Waals surface area contributed by atoms with Gasteiger partial charge in [-0.2, -0.15) is 0 Å². The van der Waals surface area contributed by atoms with Gasteiger partial charge in [0.2, 0.25) is 5.91 Å². The molecule has 0 aliphatic heterocycles. The van der Waals surface area contributed by atoms with Crippen molar-refractivity contribution < 1.29 is 19.2 Å². The zero-order valence-electron chi connectivity index (χ0n) is 9.19. The van der Waals surface area contributed by atoms with Crippen molar-refractivity contribution in [3.05, 3.63) is 17.5 Å². The molecule has 1 unspecified atom stereocenters. The van der Waals surface area contributed by atoms with Crippen LogP contribution in [0.15, 0.2) is 10.8 Å². The molecule has 0 aromatic carbocycles. The van der Waals surface area contributed by atoms with E-state index in [0.29, 0.717) is 11.3 Å². The molecule has 0 saturated heterocycles. The molecule has 0 radical (unpaired) electrons. The zero-order valence-corrected chi connectivity index (χ0v) is 9.19. The first kappa shape index (κ1) is 12.2. The third-order valence-electron chi connectivity index (χ3n) is 2.09. The Hall–Kier alpha value is -1.85. The number of rotatable bonds is 5. The van der Waals surface area contributed by atoms with E-state index in [1.807, 2.05) is 0 Å². The highest BCUT2D eigenvalue weighted by Crippen LogP contribution is 2.05. The number of hydrogen-bond acceptors (Lipinski definition) is 4. The fraction of sp³-hybridized carbons (Fsp3) is 0.500. The van der Waals surface area contributed by atoms with Gasteiger partial charge in [-0.3, -0.25) is 9.59 Å². The molecule has 6 heteroatoms. The highest BCUT2D eigenvalue weighted by atomic mass is 16.5. The van der Waals surface area contributed by atoms with Crippen LogP contribution in [0.5, 0.6) is 0 Å². The van der Waals surface area contributed by atoms with Gasteiger partial charge in [-0.1, -0.05) is 5.16 Å². The van der Waals surface area contributed by atoms with Crippen LogP contribution in [0.2, 0.25) is 0 Å². The van der Waals surface area contributed by atoms with Crippen molar-refractivity contribution in [3.8, 4) is 0 Å². The second-order valence-electron chi connectivity index (χ2n) is 3.67. The molecule has 0 saturated carbocycles. The normalized spacial score (nSPS) is 12.1. The Kier molecular flexibility index (Phi) is 4.04. The number of aromatic nitrogens is 1. The van der Waals surface area contributed by atoms with Gasteiger partial charge in [-0.15, -0.1) is 0 Å². The van der Waals surface area contributed by atoms with Crippen molar-refractivity contribution in [2.45, 2.75) is 32.7 Å². The Bertz CT molecular complexity index is 386. The number of hydrogen-bond donors (Lipinski definition) is 2. The SMILES string of the molecule is Cc1nocc1CC(=O)NC(C)CC(=O)O. The molecule has 1 aromatic heterocycles. The topological polar surface area (TPSA) is 92.4 Å². The molecule has 88 valence electrons. The fourth-order valence-electron chi connectivity index (χ4n) is 1.29. The van der Waals surface area contributed by atoms with Crippen LogP contribution in [0.3, 0.4) is 0 Å². The maximum Gasteiger partial charge on any atom is 0.305 e. The Morgan fingerprint density at radius 3 is 2.81 bits per heavy atom. The van der Waals surface area contributed by atoms with E-state index in [0.717, 1.165) is 0 Å². The van der Waals surface area contributed by atoms with Crippen LogP contribution >= 0.6 is 0 Å². The summed E-state index contributed by atoms with van der Waals surface area (Å²) in [5.41, 5.74) is 1.38. The highest BCUT2D eigenvalue weighted by molar-refractivity contribution is 5.79. The van der Waals surface area contributed by atoms with Gasteiger partial charge < -0.3 is 14.9 Å². The van der Waals surface area contributed by atoms with Crippen LogP contribution < -0.4 is 5.32 Å². The van der Waals surface area contributed by atoms with Crippen LogP contribution in [-0.4, -0.2) is 28.2 Å². The Labute approximate surface area is 92.6 Å². The average molecular weight is 226 g/mol. The molecule has 1 aromatic rings. The minimum atomic E-state index is -0.936. The monoisotopic (exact) mass is 226 g/mol. The van der Waals surface area contributed by atoms with E-state index in [1.165, 1.54) is 6.26 Å². The maximum absolute atomic E-state index is 11.5. The second-order valence-corrected chi connectivity index (χ2v) is 3.67. The second kappa shape index (κ2) is 5.29. The van der Waals surface area contributed by atoms with Gasteiger partial charge in [-0.05, 0) is 13.8 Å². The van der Waals surface area contributed by atoms with E-state index in [9.17, 15) is 9.59 Å². The van der Waals surface area contributed by atoms with Crippen LogP contribution in [0.1, 0.15) is 24.6 Å². The lowest BCUT2D eigenvalue weighted by molar-refractivity contribution is -0.137. The predicted molar refractivity (Wildman–Crippen MR) is 54.8 cm³/mol. The highest BCUT2D eigenvalue weighted by Gasteiger charge is 2.13. The number of aryl methyl sites for hydroxylation is 1. The molecular formula is C10H14N2O4. The summed E-state index contributed by atoms with van der Waals surface area (Å²) in [6.07, 6.45) is 1.48. The van der Waals surface area contributed by atoms with Gasteiger partial charge >= 0.3 is 5.97 Å². The molecule has 0 fully saturated rings. The third-order valence-corrected chi connectivity index (χ3v) is 2.09. The van der Waals surface area contributed by atoms with Crippen molar-refractivity contribution in [1.29, 1.82) is 0 Å². The minimum absolute atomic E-state index is 0.0889. The summed E-state index contributed by atoms with van der Waals surface area (Å²) in [7, 11) is 0. The first-order valence-corrected chi connectivity index (χ1v) is 4.90. The number of carbonyl (C=O) groups excluding carboxylic acids is 1. The Morgan fingerprint density at radius 2 is 2.31 bits per heavy atom. The number of nitrogens with zero attached hydrogens (tertiary/aromatic N) is 1. The van der Waals surface area contributed by atoms with Gasteiger partial charge in [0.1, 0.15) is 6.26 Å². The van der Waals surface area contributed by atoms with E-state index >= 15 is 0 Å². The molecule has 6 nitrogen and oxygen atoms in total. The summed E-state index contributed by atoms with van der Waals surface area (Å²) in [6.45, 7) is 3.39. The van der Waals surface area contributed by atoms with E-state index in [1.54, 1.807) is 13.8 Å². The van der Waals surface area contributed by atoms with Crippen molar-refractivity contribution in [2.24, 2.45) is 0 Å². The molecule has 0 bridgehead atoms. The van der Waals surface area contributed by atoms with Gasteiger partial charge in [0.05, 0.1) is 18.5 Å². The molecule has 2 N–H and O–H groups in total. The summed E-state index contributed by atoms with van der Waals surface area (Å²) >= 11 is 0. The molecule has 1 rings (SSSR count). The number of aliphatic carboxylic acids is 1. The number of carboxylic acids is 1. The Morgan fingerprint density at radius 1 is 1.62 bits per heavy atom. The summed E-state index contributed by atoms with van der Waals surface area (Å²) in [5.74, 6) is -1.17. The van der Waals surface area contributed by atoms with Crippen LogP contribution in [0.25, 0.3) is 0 Å². The standard InChI is InChI=1S/C10H14N2O4/c1-6(3-10(14)15)11-9(13)4-8-5-16-12-7(8)2/h5-6H,3-4H2,1-2H3,(H,11,13)(H,14,15). The number of nitrogens with one attached hydrogen (secondary N) is 1. The van der Waals surface area contributed by atoms with Gasteiger partial charge in [0.25, 0.3) is 0 Å². The van der Waals surface area contributed by atoms with E-state index in [4.69, 9.17) is 9.63 Å². The summed E-state index contributed by atoms with van der Waals surface area (Å²) < 4.78 is 4.69. The van der Waals surface area contributed by atoms with Crippen molar-refractivity contribution in [2.75, 3.05) is 0 Å². The van der Waals surface area contributed by atoms with Gasteiger partial charge in [0.15, 0.2) is 0 Å². The first-order chi connectivity index (χ1) is 7.49. The predicted octanol–water partition coefficient (Wildman–Crippen LogP) is 0.505. The minimum Gasteiger partial charge on any atom is -0.481 e. The lowest BCUT2D eigenvalue weighted by atomic mass is 10.1. The van der Waals surface area contributed by atoms with Crippen molar-refractivity contribution in [1.82, 2.24) is 10.5 Å². The lowest BCUT2D eigenvalue weighted by Gasteiger charge is -2.10. The summed E-state index contributed by atoms with van der Waals surface area (Å²) in [6, 6.07) is -0.384. The molecule has 16 heavy (non-hydrogen) atoms. The quantitative estimate of drug-likeness (QED) is 0.762. The van der Waals surface area contributed by atoms with Gasteiger partial charge in [-0.25, -0.2) is 0 Å². The van der Waals surface area contributed by atoms with Crippen LogP contribution in [-0.2, 0) is 16.0 Å². The average Bonchev–Trinajstić information content (AvgIpc) is 2.49. The number of carbonyl (C=O) groups is 2.